The second kappa shape index (κ2) is 8.84. The summed E-state index contributed by atoms with van der Waals surface area (Å²) >= 11 is 0. The van der Waals surface area contributed by atoms with Crippen LogP contribution in [0.25, 0.3) is 10.9 Å². The highest BCUT2D eigenvalue weighted by molar-refractivity contribution is 5.90. The third-order valence-corrected chi connectivity index (χ3v) is 5.77. The van der Waals surface area contributed by atoms with Crippen molar-refractivity contribution >= 4 is 16.8 Å². The van der Waals surface area contributed by atoms with E-state index in [0.29, 0.717) is 18.9 Å². The van der Waals surface area contributed by atoms with Gasteiger partial charge in [-0.05, 0) is 53.6 Å². The van der Waals surface area contributed by atoms with E-state index < -0.39 is 0 Å². The highest BCUT2D eigenvalue weighted by atomic mass is 16.2. The lowest BCUT2D eigenvalue weighted by Gasteiger charge is -2.25. The van der Waals surface area contributed by atoms with Crippen molar-refractivity contribution in [2.45, 2.75) is 45.3 Å². The first-order valence-electron chi connectivity index (χ1n) is 10.7. The average molecular weight is 403 g/mol. The van der Waals surface area contributed by atoms with Crippen molar-refractivity contribution < 1.29 is 4.79 Å². The van der Waals surface area contributed by atoms with E-state index in [-0.39, 0.29) is 18.0 Å². The molecule has 0 fully saturated rings. The molecule has 1 amide bonds. The Kier molecular flexibility index (Phi) is 6.00. The molecule has 2 unspecified atom stereocenters. The Morgan fingerprint density at radius 1 is 1.33 bits per heavy atom. The SMILES string of the molecule is C=CCNC(=O)C1Cc2cn(Cc3ccncc3)c3cccc(c23)C(CC(C)C)N1. The van der Waals surface area contributed by atoms with E-state index in [9.17, 15) is 4.79 Å². The maximum absolute atomic E-state index is 12.9. The average Bonchev–Trinajstić information content (AvgIpc) is 3.00. The van der Waals surface area contributed by atoms with Gasteiger partial charge in [0.05, 0.1) is 6.04 Å². The van der Waals surface area contributed by atoms with Gasteiger partial charge >= 0.3 is 0 Å². The first-order chi connectivity index (χ1) is 14.6. The highest BCUT2D eigenvalue weighted by Gasteiger charge is 2.30. The smallest absolute Gasteiger partial charge is 0.237 e. The van der Waals surface area contributed by atoms with Crippen LogP contribution < -0.4 is 10.6 Å². The zero-order valence-corrected chi connectivity index (χ0v) is 17.8. The fourth-order valence-electron chi connectivity index (χ4n) is 4.47. The Bertz CT molecular complexity index is 1040. The van der Waals surface area contributed by atoms with E-state index in [1.807, 2.05) is 12.4 Å². The molecule has 2 aromatic heterocycles. The van der Waals surface area contributed by atoms with Crippen LogP contribution in [-0.2, 0) is 17.8 Å². The molecule has 4 rings (SSSR count). The molecular weight excluding hydrogens is 372 g/mol. The van der Waals surface area contributed by atoms with Gasteiger partial charge in [-0.15, -0.1) is 6.58 Å². The molecule has 0 spiro atoms. The van der Waals surface area contributed by atoms with Gasteiger partial charge in [-0.1, -0.05) is 32.1 Å². The van der Waals surface area contributed by atoms with Crippen LogP contribution in [-0.4, -0.2) is 28.0 Å². The number of nitrogens with one attached hydrogen (secondary N) is 2. The zero-order chi connectivity index (χ0) is 21.1. The van der Waals surface area contributed by atoms with Crippen molar-refractivity contribution in [1.29, 1.82) is 0 Å². The normalized spacial score (nSPS) is 18.4. The minimum Gasteiger partial charge on any atom is -0.351 e. The van der Waals surface area contributed by atoms with E-state index in [1.165, 1.54) is 27.6 Å². The summed E-state index contributed by atoms with van der Waals surface area (Å²) in [5.41, 5.74) is 4.96. The lowest BCUT2D eigenvalue weighted by atomic mass is 9.94. The second-order valence-electron chi connectivity index (χ2n) is 8.52. The standard InChI is InChI=1S/C25H30N4O/c1-4-10-27-25(30)22-14-19-16-29(15-18-8-11-26-12-9-18)23-7-5-6-20(24(19)23)21(28-22)13-17(2)3/h4-9,11-12,16-17,21-22,28H,1,10,13-15H2,2-3H3,(H,27,30). The fourth-order valence-corrected chi connectivity index (χ4v) is 4.47. The van der Waals surface area contributed by atoms with Gasteiger partial charge in [-0.2, -0.15) is 0 Å². The number of rotatable bonds is 7. The summed E-state index contributed by atoms with van der Waals surface area (Å²) in [6.07, 6.45) is 9.27. The molecule has 0 saturated carbocycles. The van der Waals surface area contributed by atoms with E-state index in [2.05, 4.69) is 77.1 Å². The third kappa shape index (κ3) is 4.17. The summed E-state index contributed by atoms with van der Waals surface area (Å²) < 4.78 is 2.31. The lowest BCUT2D eigenvalue weighted by molar-refractivity contribution is -0.123. The summed E-state index contributed by atoms with van der Waals surface area (Å²) in [5.74, 6) is 0.557. The monoisotopic (exact) mass is 402 g/mol. The molecule has 5 nitrogen and oxygen atoms in total. The molecular formula is C25H30N4O. The first kappa shape index (κ1) is 20.4. The van der Waals surface area contributed by atoms with E-state index in [0.717, 1.165) is 13.0 Å². The Hall–Kier alpha value is -2.92. The van der Waals surface area contributed by atoms with Gasteiger partial charge in [0.2, 0.25) is 5.91 Å². The predicted octanol–water partition coefficient (Wildman–Crippen LogP) is 3.99. The van der Waals surface area contributed by atoms with Gasteiger partial charge in [-0.3, -0.25) is 15.1 Å². The molecule has 1 aromatic carbocycles. The van der Waals surface area contributed by atoms with Gasteiger partial charge in [0.1, 0.15) is 0 Å². The minimum atomic E-state index is -0.263. The van der Waals surface area contributed by atoms with Gasteiger partial charge in [0.25, 0.3) is 0 Å². The molecule has 2 atom stereocenters. The van der Waals surface area contributed by atoms with Crippen LogP contribution in [0.2, 0.25) is 0 Å². The van der Waals surface area contributed by atoms with Gasteiger partial charge in [0, 0.05) is 48.6 Å². The highest BCUT2D eigenvalue weighted by Crippen LogP contribution is 2.36. The molecule has 0 radical (unpaired) electrons. The van der Waals surface area contributed by atoms with Gasteiger partial charge in [0.15, 0.2) is 0 Å². The van der Waals surface area contributed by atoms with Crippen LogP contribution in [0.4, 0.5) is 0 Å². The molecule has 3 aromatic rings. The van der Waals surface area contributed by atoms with Crippen molar-refractivity contribution in [2.24, 2.45) is 5.92 Å². The van der Waals surface area contributed by atoms with Crippen LogP contribution in [0.5, 0.6) is 0 Å². The number of pyridine rings is 1. The summed E-state index contributed by atoms with van der Waals surface area (Å²) in [6.45, 7) is 9.45. The number of amides is 1. The van der Waals surface area contributed by atoms with Crippen LogP contribution in [0.15, 0.2) is 61.6 Å². The number of hydrogen-bond acceptors (Lipinski definition) is 3. The Morgan fingerprint density at radius 2 is 2.13 bits per heavy atom. The molecule has 3 heterocycles. The van der Waals surface area contributed by atoms with Crippen molar-refractivity contribution in [2.75, 3.05) is 6.54 Å². The Labute approximate surface area is 178 Å². The molecule has 0 aliphatic carbocycles. The number of nitrogens with zero attached hydrogens (tertiary/aromatic N) is 2. The van der Waals surface area contributed by atoms with Crippen LogP contribution in [0.3, 0.4) is 0 Å². The first-order valence-corrected chi connectivity index (χ1v) is 10.7. The fraction of sp³-hybridized carbons (Fsp3) is 0.360. The molecule has 1 aliphatic heterocycles. The molecule has 0 saturated heterocycles. The summed E-state index contributed by atoms with van der Waals surface area (Å²) in [6, 6.07) is 10.5. The maximum atomic E-state index is 12.9. The van der Waals surface area contributed by atoms with Crippen molar-refractivity contribution in [1.82, 2.24) is 20.2 Å². The number of carbonyl (C=O) groups is 1. The van der Waals surface area contributed by atoms with E-state index >= 15 is 0 Å². The summed E-state index contributed by atoms with van der Waals surface area (Å²) in [5, 5.41) is 7.93. The quantitative estimate of drug-likeness (QED) is 0.588. The molecule has 30 heavy (non-hydrogen) atoms. The van der Waals surface area contributed by atoms with Crippen molar-refractivity contribution in [3.63, 3.8) is 0 Å². The maximum Gasteiger partial charge on any atom is 0.237 e. The van der Waals surface area contributed by atoms with Crippen LogP contribution >= 0.6 is 0 Å². The zero-order valence-electron chi connectivity index (χ0n) is 17.8. The predicted molar refractivity (Wildman–Crippen MR) is 121 cm³/mol. The molecule has 1 aliphatic rings. The molecule has 5 heteroatoms. The van der Waals surface area contributed by atoms with E-state index in [1.54, 1.807) is 6.08 Å². The van der Waals surface area contributed by atoms with Crippen molar-refractivity contribution in [3.05, 3.63) is 78.3 Å². The number of aromatic nitrogens is 2. The van der Waals surface area contributed by atoms with E-state index in [4.69, 9.17) is 0 Å². The Balaban J connectivity index is 1.77. The third-order valence-electron chi connectivity index (χ3n) is 5.77. The number of carbonyl (C=O) groups excluding carboxylic acids is 1. The number of hydrogen-bond donors (Lipinski definition) is 2. The van der Waals surface area contributed by atoms with Gasteiger partial charge < -0.3 is 9.88 Å². The largest absolute Gasteiger partial charge is 0.351 e. The Morgan fingerprint density at radius 3 is 2.87 bits per heavy atom. The molecule has 0 bridgehead atoms. The summed E-state index contributed by atoms with van der Waals surface area (Å²) in [7, 11) is 0. The van der Waals surface area contributed by atoms with Crippen LogP contribution in [0, 0.1) is 5.92 Å². The second-order valence-corrected chi connectivity index (χ2v) is 8.52. The molecule has 2 N–H and O–H groups in total. The topological polar surface area (TPSA) is 59.0 Å². The minimum absolute atomic E-state index is 0.0338. The lowest BCUT2D eigenvalue weighted by Crippen LogP contribution is -2.46. The van der Waals surface area contributed by atoms with Gasteiger partial charge in [-0.25, -0.2) is 0 Å². The molecule has 156 valence electrons. The van der Waals surface area contributed by atoms with Crippen LogP contribution in [0.1, 0.15) is 43.0 Å². The summed E-state index contributed by atoms with van der Waals surface area (Å²) in [4.78, 5) is 17.0. The number of benzene rings is 1. The van der Waals surface area contributed by atoms with Crippen molar-refractivity contribution in [3.8, 4) is 0 Å².